The van der Waals surface area contributed by atoms with Crippen LogP contribution in [0.5, 0.6) is 5.75 Å². The molecule has 100 valence electrons. The minimum Gasteiger partial charge on any atom is -0.496 e. The van der Waals surface area contributed by atoms with E-state index in [9.17, 15) is 4.79 Å². The molecule has 0 amide bonds. The van der Waals surface area contributed by atoms with Gasteiger partial charge in [-0.3, -0.25) is 9.78 Å². The first-order valence-corrected chi connectivity index (χ1v) is 6.79. The van der Waals surface area contributed by atoms with Crippen LogP contribution >= 0.6 is 11.3 Å². The smallest absolute Gasteiger partial charge is 0.180 e. The van der Waals surface area contributed by atoms with E-state index in [-0.39, 0.29) is 12.2 Å². The lowest BCUT2D eigenvalue weighted by Gasteiger charge is -2.11. The summed E-state index contributed by atoms with van der Waals surface area (Å²) in [4.78, 5) is 21.3. The molecular formula is C14H16N2O2S. The van der Waals surface area contributed by atoms with Crippen molar-refractivity contribution in [1.82, 2.24) is 9.97 Å². The van der Waals surface area contributed by atoms with Crippen LogP contribution in [-0.2, 0) is 6.42 Å². The lowest BCUT2D eigenvalue weighted by atomic mass is 10.1. The average molecular weight is 276 g/mol. The van der Waals surface area contributed by atoms with Crippen LogP contribution in [0.2, 0.25) is 0 Å². The molecule has 2 heterocycles. The average Bonchev–Trinajstić information content (AvgIpc) is 2.80. The Hall–Kier alpha value is -1.75. The molecule has 4 nitrogen and oxygen atoms in total. The highest BCUT2D eigenvalue weighted by Gasteiger charge is 2.15. The number of pyridine rings is 1. The fourth-order valence-corrected chi connectivity index (χ4v) is 2.69. The van der Waals surface area contributed by atoms with Gasteiger partial charge in [-0.25, -0.2) is 4.98 Å². The van der Waals surface area contributed by atoms with Gasteiger partial charge >= 0.3 is 0 Å². The van der Waals surface area contributed by atoms with Crippen LogP contribution in [0.15, 0.2) is 12.4 Å². The molecule has 0 aliphatic carbocycles. The molecule has 0 fully saturated rings. The number of hydrogen-bond donors (Lipinski definition) is 0. The largest absolute Gasteiger partial charge is 0.496 e. The molecule has 2 rings (SSSR count). The predicted molar refractivity (Wildman–Crippen MR) is 75.1 cm³/mol. The molecule has 0 aliphatic rings. The summed E-state index contributed by atoms with van der Waals surface area (Å²) in [5.74, 6) is 0.852. The summed E-state index contributed by atoms with van der Waals surface area (Å²) in [6.45, 7) is 5.76. The molecule has 2 aromatic rings. The zero-order valence-electron chi connectivity index (χ0n) is 11.5. The van der Waals surface area contributed by atoms with E-state index in [0.29, 0.717) is 4.88 Å². The number of ether oxygens (including phenoxy) is 1. The number of nitrogens with zero attached hydrogens (tertiary/aromatic N) is 2. The van der Waals surface area contributed by atoms with E-state index in [1.54, 1.807) is 19.5 Å². The maximum absolute atomic E-state index is 12.2. The van der Waals surface area contributed by atoms with E-state index < -0.39 is 0 Å². The van der Waals surface area contributed by atoms with Crippen molar-refractivity contribution in [2.24, 2.45) is 0 Å². The second kappa shape index (κ2) is 5.48. The summed E-state index contributed by atoms with van der Waals surface area (Å²) in [5.41, 5.74) is 2.67. The summed E-state index contributed by atoms with van der Waals surface area (Å²) in [6.07, 6.45) is 3.65. The van der Waals surface area contributed by atoms with E-state index in [1.807, 2.05) is 20.8 Å². The highest BCUT2D eigenvalue weighted by Crippen LogP contribution is 2.25. The standard InChI is InChI=1S/C14H16N2O2S/c1-8-6-16-11(9(2)14(8)18-4)5-12(17)13-7-15-10(3)19-13/h6-7H,5H2,1-4H3. The topological polar surface area (TPSA) is 52.1 Å². The Bertz CT molecular complexity index is 620. The van der Waals surface area contributed by atoms with Crippen LogP contribution in [0.25, 0.3) is 0 Å². The van der Waals surface area contributed by atoms with Gasteiger partial charge in [0.25, 0.3) is 0 Å². The van der Waals surface area contributed by atoms with Crippen molar-refractivity contribution >= 4 is 17.1 Å². The third-order valence-corrected chi connectivity index (χ3v) is 3.93. The van der Waals surface area contributed by atoms with Gasteiger partial charge in [0.05, 0.1) is 29.1 Å². The number of thiazole rings is 1. The summed E-state index contributed by atoms with van der Waals surface area (Å²) < 4.78 is 5.35. The predicted octanol–water partition coefficient (Wildman–Crippen LogP) is 2.90. The molecular weight excluding hydrogens is 260 g/mol. The lowest BCUT2D eigenvalue weighted by molar-refractivity contribution is 0.0995. The third-order valence-electron chi connectivity index (χ3n) is 2.97. The highest BCUT2D eigenvalue weighted by atomic mass is 32.1. The van der Waals surface area contributed by atoms with Crippen LogP contribution in [0.4, 0.5) is 0 Å². The Morgan fingerprint density at radius 1 is 1.26 bits per heavy atom. The molecule has 0 aromatic carbocycles. The molecule has 5 heteroatoms. The Balaban J connectivity index is 2.27. The zero-order chi connectivity index (χ0) is 14.0. The van der Waals surface area contributed by atoms with Crippen molar-refractivity contribution in [3.63, 3.8) is 0 Å². The fraction of sp³-hybridized carbons (Fsp3) is 0.357. The van der Waals surface area contributed by atoms with E-state index in [2.05, 4.69) is 9.97 Å². The molecule has 19 heavy (non-hydrogen) atoms. The second-order valence-corrected chi connectivity index (χ2v) is 5.62. The van der Waals surface area contributed by atoms with Gasteiger partial charge in [0.1, 0.15) is 5.75 Å². The number of hydrogen-bond acceptors (Lipinski definition) is 5. The van der Waals surface area contributed by atoms with E-state index in [1.165, 1.54) is 11.3 Å². The maximum atomic E-state index is 12.2. The van der Waals surface area contributed by atoms with Crippen molar-refractivity contribution in [2.75, 3.05) is 7.11 Å². The summed E-state index contributed by atoms with van der Waals surface area (Å²) >= 11 is 1.41. The summed E-state index contributed by atoms with van der Waals surface area (Å²) in [7, 11) is 1.63. The molecule has 0 saturated carbocycles. The molecule has 0 aliphatic heterocycles. The normalized spacial score (nSPS) is 10.5. The van der Waals surface area contributed by atoms with E-state index in [0.717, 1.165) is 27.6 Å². The molecule has 0 radical (unpaired) electrons. The molecule has 0 saturated heterocycles. The Morgan fingerprint density at radius 3 is 2.58 bits per heavy atom. The SMILES string of the molecule is COc1c(C)cnc(CC(=O)c2cnc(C)s2)c1C. The minimum atomic E-state index is 0.0482. The Morgan fingerprint density at radius 2 is 2.00 bits per heavy atom. The van der Waals surface area contributed by atoms with Crippen LogP contribution in [0, 0.1) is 20.8 Å². The number of ketones is 1. The molecule has 0 unspecified atom stereocenters. The molecule has 0 N–H and O–H groups in total. The van der Waals surface area contributed by atoms with Gasteiger partial charge in [-0.2, -0.15) is 0 Å². The van der Waals surface area contributed by atoms with Crippen molar-refractivity contribution in [3.8, 4) is 5.75 Å². The van der Waals surface area contributed by atoms with Crippen molar-refractivity contribution < 1.29 is 9.53 Å². The number of methoxy groups -OCH3 is 1. The lowest BCUT2D eigenvalue weighted by Crippen LogP contribution is -2.07. The molecule has 0 bridgehead atoms. The number of carbonyl (C=O) groups excluding carboxylic acids is 1. The first-order valence-electron chi connectivity index (χ1n) is 5.97. The van der Waals surface area contributed by atoms with Gasteiger partial charge in [-0.05, 0) is 20.8 Å². The quantitative estimate of drug-likeness (QED) is 0.806. The van der Waals surface area contributed by atoms with Crippen LogP contribution < -0.4 is 4.74 Å². The molecule has 0 spiro atoms. The van der Waals surface area contributed by atoms with E-state index >= 15 is 0 Å². The zero-order valence-corrected chi connectivity index (χ0v) is 12.3. The van der Waals surface area contributed by atoms with E-state index in [4.69, 9.17) is 4.74 Å². The van der Waals surface area contributed by atoms with Gasteiger partial charge < -0.3 is 4.74 Å². The number of aryl methyl sites for hydroxylation is 2. The van der Waals surface area contributed by atoms with Gasteiger partial charge in [-0.15, -0.1) is 11.3 Å². The monoisotopic (exact) mass is 276 g/mol. The molecule has 2 aromatic heterocycles. The Labute approximate surface area is 116 Å². The number of Topliss-reactive ketones (excluding diaryl/α,β-unsaturated/α-hetero) is 1. The van der Waals surface area contributed by atoms with Gasteiger partial charge in [0, 0.05) is 23.5 Å². The minimum absolute atomic E-state index is 0.0482. The Kier molecular flexibility index (Phi) is 3.95. The first kappa shape index (κ1) is 13.7. The van der Waals surface area contributed by atoms with Crippen molar-refractivity contribution in [3.05, 3.63) is 39.1 Å². The van der Waals surface area contributed by atoms with Crippen LogP contribution in [0.3, 0.4) is 0 Å². The molecule has 0 atom stereocenters. The number of aromatic nitrogens is 2. The van der Waals surface area contributed by atoms with Crippen molar-refractivity contribution in [2.45, 2.75) is 27.2 Å². The van der Waals surface area contributed by atoms with Gasteiger partial charge in [0.2, 0.25) is 0 Å². The summed E-state index contributed by atoms with van der Waals surface area (Å²) in [5, 5.41) is 0.898. The fourth-order valence-electron chi connectivity index (χ4n) is 1.98. The van der Waals surface area contributed by atoms with Crippen LogP contribution in [-0.4, -0.2) is 22.9 Å². The number of carbonyl (C=O) groups is 1. The van der Waals surface area contributed by atoms with Crippen molar-refractivity contribution in [1.29, 1.82) is 0 Å². The highest BCUT2D eigenvalue weighted by molar-refractivity contribution is 7.13. The second-order valence-electron chi connectivity index (χ2n) is 4.39. The van der Waals surface area contributed by atoms with Crippen LogP contribution in [0.1, 0.15) is 31.5 Å². The summed E-state index contributed by atoms with van der Waals surface area (Å²) in [6, 6.07) is 0. The number of rotatable bonds is 4. The third kappa shape index (κ3) is 2.81. The van der Waals surface area contributed by atoms with Gasteiger partial charge in [-0.1, -0.05) is 0 Å². The van der Waals surface area contributed by atoms with Gasteiger partial charge in [0.15, 0.2) is 5.78 Å². The maximum Gasteiger partial charge on any atom is 0.180 e. The first-order chi connectivity index (χ1) is 9.02.